The zero-order valence-corrected chi connectivity index (χ0v) is 10.8. The van der Waals surface area contributed by atoms with Crippen molar-refractivity contribution in [2.45, 2.75) is 32.4 Å². The fourth-order valence-electron chi connectivity index (χ4n) is 2.81. The molecule has 0 aliphatic carbocycles. The maximum atomic E-state index is 6.07. The average molecular weight is 244 g/mol. The number of nitrogens with zero attached hydrogens (tertiary/aromatic N) is 3. The van der Waals surface area contributed by atoms with Crippen molar-refractivity contribution in [3.63, 3.8) is 0 Å². The third kappa shape index (κ3) is 1.86. The second-order valence-electron chi connectivity index (χ2n) is 4.99. The molecule has 0 spiro atoms. The van der Waals surface area contributed by atoms with Crippen molar-refractivity contribution in [3.8, 4) is 0 Å². The Morgan fingerprint density at radius 1 is 1.39 bits per heavy atom. The number of rotatable bonds is 2. The van der Waals surface area contributed by atoms with Crippen LogP contribution in [0.5, 0.6) is 0 Å². The van der Waals surface area contributed by atoms with E-state index in [2.05, 4.69) is 34.6 Å². The minimum atomic E-state index is 0.281. The van der Waals surface area contributed by atoms with Crippen LogP contribution >= 0.6 is 0 Å². The van der Waals surface area contributed by atoms with Crippen LogP contribution in [0.25, 0.3) is 11.0 Å². The molecule has 0 radical (unpaired) electrons. The minimum absolute atomic E-state index is 0.281. The van der Waals surface area contributed by atoms with Gasteiger partial charge in [0, 0.05) is 25.7 Å². The summed E-state index contributed by atoms with van der Waals surface area (Å²) in [6.45, 7) is 5.10. The Hall–Kier alpha value is -1.55. The topological polar surface area (TPSA) is 47.1 Å². The van der Waals surface area contributed by atoms with Crippen LogP contribution in [0.4, 0.5) is 5.95 Å². The zero-order chi connectivity index (χ0) is 12.5. The quantitative estimate of drug-likeness (QED) is 0.878. The highest BCUT2D eigenvalue weighted by molar-refractivity contribution is 5.78. The minimum Gasteiger partial charge on any atom is -0.341 e. The highest BCUT2D eigenvalue weighted by Gasteiger charge is 2.21. The summed E-state index contributed by atoms with van der Waals surface area (Å²) in [5.41, 5.74) is 8.36. The fourth-order valence-corrected chi connectivity index (χ4v) is 2.81. The van der Waals surface area contributed by atoms with Crippen LogP contribution in [-0.2, 0) is 6.54 Å². The van der Waals surface area contributed by atoms with Crippen molar-refractivity contribution in [1.82, 2.24) is 9.55 Å². The molecule has 4 heteroatoms. The summed E-state index contributed by atoms with van der Waals surface area (Å²) in [6, 6.07) is 8.61. The molecule has 0 bridgehead atoms. The molecule has 2 N–H and O–H groups in total. The molecule has 96 valence electrons. The molecule has 0 saturated carbocycles. The van der Waals surface area contributed by atoms with Gasteiger partial charge >= 0.3 is 0 Å². The first-order valence-electron chi connectivity index (χ1n) is 6.75. The maximum absolute atomic E-state index is 6.07. The van der Waals surface area contributed by atoms with Crippen molar-refractivity contribution >= 4 is 17.0 Å². The van der Waals surface area contributed by atoms with Crippen LogP contribution in [0.15, 0.2) is 24.3 Å². The van der Waals surface area contributed by atoms with Crippen LogP contribution < -0.4 is 10.6 Å². The number of hydrogen-bond acceptors (Lipinski definition) is 3. The van der Waals surface area contributed by atoms with Gasteiger partial charge in [0.05, 0.1) is 11.0 Å². The number of hydrogen-bond donors (Lipinski definition) is 1. The molecule has 2 aromatic rings. The lowest BCUT2D eigenvalue weighted by molar-refractivity contribution is 0.494. The molecule has 4 nitrogen and oxygen atoms in total. The van der Waals surface area contributed by atoms with Gasteiger partial charge in [-0.1, -0.05) is 12.1 Å². The molecule has 3 rings (SSSR count). The molecule has 2 heterocycles. The van der Waals surface area contributed by atoms with Crippen LogP contribution in [0, 0.1) is 0 Å². The Balaban J connectivity index is 2.05. The van der Waals surface area contributed by atoms with Gasteiger partial charge < -0.3 is 15.2 Å². The third-order valence-electron chi connectivity index (χ3n) is 3.69. The van der Waals surface area contributed by atoms with Crippen molar-refractivity contribution in [3.05, 3.63) is 24.3 Å². The molecule has 1 atom stereocenters. The number of fused-ring (bicyclic) bond motifs is 1. The Kier molecular flexibility index (Phi) is 2.96. The summed E-state index contributed by atoms with van der Waals surface area (Å²) in [5, 5.41) is 0. The van der Waals surface area contributed by atoms with Crippen molar-refractivity contribution < 1.29 is 0 Å². The van der Waals surface area contributed by atoms with Crippen LogP contribution in [0.2, 0.25) is 0 Å². The molecule has 0 unspecified atom stereocenters. The van der Waals surface area contributed by atoms with E-state index < -0.39 is 0 Å². The predicted molar refractivity (Wildman–Crippen MR) is 74.8 cm³/mol. The molecule has 1 aromatic heterocycles. The number of benzene rings is 1. The van der Waals surface area contributed by atoms with Gasteiger partial charge in [-0.15, -0.1) is 0 Å². The van der Waals surface area contributed by atoms with E-state index in [0.29, 0.717) is 0 Å². The maximum Gasteiger partial charge on any atom is 0.206 e. The van der Waals surface area contributed by atoms with Crippen molar-refractivity contribution in [2.24, 2.45) is 5.73 Å². The Labute approximate surface area is 107 Å². The van der Waals surface area contributed by atoms with Gasteiger partial charge in [0.1, 0.15) is 0 Å². The third-order valence-corrected chi connectivity index (χ3v) is 3.69. The number of aromatic nitrogens is 2. The van der Waals surface area contributed by atoms with E-state index in [0.717, 1.165) is 43.9 Å². The largest absolute Gasteiger partial charge is 0.341 e. The average Bonchev–Trinajstić information content (AvgIpc) is 2.77. The van der Waals surface area contributed by atoms with Crippen LogP contribution in [0.1, 0.15) is 19.8 Å². The number of piperidine rings is 1. The SMILES string of the molecule is CCn1c(N2CCC[C@@H](N)C2)nc2ccccc21. The lowest BCUT2D eigenvalue weighted by atomic mass is 10.1. The second kappa shape index (κ2) is 4.61. The first-order chi connectivity index (χ1) is 8.79. The predicted octanol–water partition coefficient (Wildman–Crippen LogP) is 1.98. The first kappa shape index (κ1) is 11.5. The van der Waals surface area contributed by atoms with E-state index in [1.54, 1.807) is 0 Å². The van der Waals surface area contributed by atoms with Crippen LogP contribution in [-0.4, -0.2) is 28.7 Å². The van der Waals surface area contributed by atoms with Gasteiger partial charge in [0.25, 0.3) is 0 Å². The van der Waals surface area contributed by atoms with Gasteiger partial charge in [-0.3, -0.25) is 0 Å². The van der Waals surface area contributed by atoms with E-state index in [-0.39, 0.29) is 6.04 Å². The van der Waals surface area contributed by atoms with Gasteiger partial charge in [-0.25, -0.2) is 4.98 Å². The van der Waals surface area contributed by atoms with E-state index in [9.17, 15) is 0 Å². The number of aryl methyl sites for hydroxylation is 1. The van der Waals surface area contributed by atoms with Gasteiger partial charge in [-0.2, -0.15) is 0 Å². The van der Waals surface area contributed by atoms with Gasteiger partial charge in [-0.05, 0) is 31.9 Å². The summed E-state index contributed by atoms with van der Waals surface area (Å²) >= 11 is 0. The van der Waals surface area contributed by atoms with E-state index in [4.69, 9.17) is 10.7 Å². The lowest BCUT2D eigenvalue weighted by Crippen LogP contribution is -2.43. The van der Waals surface area contributed by atoms with E-state index in [1.165, 1.54) is 5.52 Å². The molecule has 1 fully saturated rings. The Morgan fingerprint density at radius 2 is 2.22 bits per heavy atom. The summed E-state index contributed by atoms with van der Waals surface area (Å²) in [6.07, 6.45) is 2.29. The standard InChI is InChI=1S/C14H20N4/c1-2-18-13-8-4-3-7-12(13)16-14(18)17-9-5-6-11(15)10-17/h3-4,7-8,11H,2,5-6,9-10,15H2,1H3/t11-/m1/s1. The van der Waals surface area contributed by atoms with E-state index >= 15 is 0 Å². The summed E-state index contributed by atoms with van der Waals surface area (Å²) in [4.78, 5) is 7.11. The molecule has 1 aliphatic rings. The van der Waals surface area contributed by atoms with Crippen LogP contribution in [0.3, 0.4) is 0 Å². The van der Waals surface area contributed by atoms with Crippen molar-refractivity contribution in [2.75, 3.05) is 18.0 Å². The highest BCUT2D eigenvalue weighted by Crippen LogP contribution is 2.24. The molecular weight excluding hydrogens is 224 g/mol. The first-order valence-corrected chi connectivity index (χ1v) is 6.75. The summed E-state index contributed by atoms with van der Waals surface area (Å²) < 4.78 is 2.29. The normalized spacial score (nSPS) is 20.6. The van der Waals surface area contributed by atoms with Gasteiger partial charge in [0.2, 0.25) is 5.95 Å². The molecule has 1 saturated heterocycles. The lowest BCUT2D eigenvalue weighted by Gasteiger charge is -2.31. The Bertz CT molecular complexity index is 546. The zero-order valence-electron chi connectivity index (χ0n) is 10.8. The molecule has 0 amide bonds. The fraction of sp³-hybridized carbons (Fsp3) is 0.500. The smallest absolute Gasteiger partial charge is 0.206 e. The van der Waals surface area contributed by atoms with Crippen molar-refractivity contribution in [1.29, 1.82) is 0 Å². The number of imidazole rings is 1. The molecular formula is C14H20N4. The summed E-state index contributed by atoms with van der Waals surface area (Å²) in [7, 11) is 0. The highest BCUT2D eigenvalue weighted by atomic mass is 15.3. The Morgan fingerprint density at radius 3 is 3.00 bits per heavy atom. The monoisotopic (exact) mass is 244 g/mol. The van der Waals surface area contributed by atoms with Gasteiger partial charge in [0.15, 0.2) is 0 Å². The van der Waals surface area contributed by atoms with E-state index in [1.807, 2.05) is 6.07 Å². The molecule has 1 aromatic carbocycles. The summed E-state index contributed by atoms with van der Waals surface area (Å²) in [5.74, 6) is 1.08. The number of anilines is 1. The second-order valence-corrected chi connectivity index (χ2v) is 4.99. The molecule has 1 aliphatic heterocycles. The number of para-hydroxylation sites is 2. The number of nitrogens with two attached hydrogens (primary N) is 1. The molecule has 18 heavy (non-hydrogen) atoms.